The minimum Gasteiger partial charge on any atom is -0.496 e. The van der Waals surface area contributed by atoms with Gasteiger partial charge in [-0.15, -0.1) is 0 Å². The molecule has 4 rings (SSSR count). The molecular weight excluding hydrogens is 323 g/mol. The van der Waals surface area contributed by atoms with Crippen LogP contribution in [0, 0.1) is 5.82 Å². The Bertz CT molecular complexity index is 1030. The molecule has 0 fully saturated rings. The zero-order valence-electron chi connectivity index (χ0n) is 13.3. The van der Waals surface area contributed by atoms with E-state index in [1.54, 1.807) is 13.2 Å². The van der Waals surface area contributed by atoms with E-state index in [0.29, 0.717) is 28.8 Å². The summed E-state index contributed by atoms with van der Waals surface area (Å²) in [6.07, 6.45) is 0. The van der Waals surface area contributed by atoms with Crippen molar-refractivity contribution in [2.45, 2.75) is 0 Å². The van der Waals surface area contributed by atoms with Gasteiger partial charge in [0.25, 0.3) is 5.71 Å². The molecule has 2 aromatic carbocycles. The van der Waals surface area contributed by atoms with E-state index in [1.807, 2.05) is 30.3 Å². The van der Waals surface area contributed by atoms with Crippen LogP contribution in [0.2, 0.25) is 0 Å². The quantitative estimate of drug-likeness (QED) is 0.534. The molecule has 0 N–H and O–H groups in total. The molecule has 0 saturated heterocycles. The number of halogens is 1. The summed E-state index contributed by atoms with van der Waals surface area (Å²) in [6, 6.07) is 16.8. The lowest BCUT2D eigenvalue weighted by Crippen LogP contribution is -1.89. The molecule has 6 heteroatoms. The monoisotopic (exact) mass is 336 g/mol. The van der Waals surface area contributed by atoms with Gasteiger partial charge in [0, 0.05) is 11.6 Å². The highest BCUT2D eigenvalue weighted by molar-refractivity contribution is 5.91. The van der Waals surface area contributed by atoms with Crippen molar-refractivity contribution in [2.24, 2.45) is 0 Å². The van der Waals surface area contributed by atoms with Crippen LogP contribution in [-0.4, -0.2) is 17.3 Å². The lowest BCUT2D eigenvalue weighted by Gasteiger charge is -2.05. The number of methoxy groups -OCH3 is 1. The number of aromatic nitrogens is 2. The van der Waals surface area contributed by atoms with Crippen molar-refractivity contribution in [3.63, 3.8) is 0 Å². The van der Waals surface area contributed by atoms with Crippen LogP contribution < -0.4 is 9.47 Å². The molecule has 5 nitrogen and oxygen atoms in total. The first kappa shape index (κ1) is 15.1. The Hall–Kier alpha value is -3.41. The third-order valence-corrected chi connectivity index (χ3v) is 3.71. The average molecular weight is 336 g/mol. The van der Waals surface area contributed by atoms with Gasteiger partial charge in [0.1, 0.15) is 23.0 Å². The Labute approximate surface area is 142 Å². The van der Waals surface area contributed by atoms with Crippen molar-refractivity contribution in [1.29, 1.82) is 0 Å². The van der Waals surface area contributed by atoms with E-state index < -0.39 is 0 Å². The van der Waals surface area contributed by atoms with Crippen LogP contribution in [0.5, 0.6) is 17.4 Å². The van der Waals surface area contributed by atoms with Crippen LogP contribution in [-0.2, 0) is 0 Å². The molecule has 0 unspecified atom stereocenters. The van der Waals surface area contributed by atoms with Gasteiger partial charge in [-0.3, -0.25) is 0 Å². The average Bonchev–Trinajstić information content (AvgIpc) is 3.06. The van der Waals surface area contributed by atoms with Crippen LogP contribution in [0.4, 0.5) is 4.39 Å². The molecule has 0 atom stereocenters. The molecule has 0 aliphatic carbocycles. The van der Waals surface area contributed by atoms with Crippen molar-refractivity contribution >= 4 is 11.1 Å². The maximum absolute atomic E-state index is 13.0. The molecule has 0 bridgehead atoms. The molecule has 0 aliphatic rings. The van der Waals surface area contributed by atoms with Gasteiger partial charge in [0.15, 0.2) is 0 Å². The lowest BCUT2D eigenvalue weighted by atomic mass is 10.1. The normalized spacial score (nSPS) is 10.8. The highest BCUT2D eigenvalue weighted by atomic mass is 19.1. The molecule has 4 aromatic rings. The summed E-state index contributed by atoms with van der Waals surface area (Å²) in [5.41, 5.74) is 1.81. The minimum absolute atomic E-state index is 0.326. The Morgan fingerprint density at radius 3 is 2.56 bits per heavy atom. The second kappa shape index (κ2) is 6.24. The minimum atomic E-state index is -0.326. The summed E-state index contributed by atoms with van der Waals surface area (Å²) >= 11 is 0. The second-order valence-corrected chi connectivity index (χ2v) is 5.29. The van der Waals surface area contributed by atoms with E-state index in [9.17, 15) is 4.39 Å². The molecule has 0 amide bonds. The first-order valence-electron chi connectivity index (χ1n) is 7.58. The van der Waals surface area contributed by atoms with Crippen LogP contribution >= 0.6 is 0 Å². The van der Waals surface area contributed by atoms with E-state index in [1.165, 1.54) is 24.3 Å². The Kier molecular flexibility index (Phi) is 3.78. The first-order chi connectivity index (χ1) is 12.2. The van der Waals surface area contributed by atoms with Gasteiger partial charge in [-0.25, -0.2) is 4.39 Å². The predicted octanol–water partition coefficient (Wildman–Crippen LogP) is 4.83. The van der Waals surface area contributed by atoms with E-state index in [4.69, 9.17) is 14.0 Å². The molecular formula is C19H13FN2O3. The molecule has 0 aliphatic heterocycles. The molecule has 0 saturated carbocycles. The van der Waals surface area contributed by atoms with E-state index in [2.05, 4.69) is 10.1 Å². The van der Waals surface area contributed by atoms with Gasteiger partial charge in [-0.05, 0) is 42.5 Å². The van der Waals surface area contributed by atoms with Gasteiger partial charge in [0.2, 0.25) is 5.88 Å². The zero-order valence-corrected chi connectivity index (χ0v) is 13.3. The highest BCUT2D eigenvalue weighted by Crippen LogP contribution is 2.34. The zero-order chi connectivity index (χ0) is 17.2. The number of ether oxygens (including phenoxy) is 2. The van der Waals surface area contributed by atoms with Crippen molar-refractivity contribution in [1.82, 2.24) is 10.1 Å². The van der Waals surface area contributed by atoms with Crippen LogP contribution in [0.3, 0.4) is 0 Å². The topological polar surface area (TPSA) is 57.4 Å². The van der Waals surface area contributed by atoms with Gasteiger partial charge >= 0.3 is 0 Å². The molecule has 25 heavy (non-hydrogen) atoms. The number of hydrogen-bond donors (Lipinski definition) is 0. The molecule has 0 radical (unpaired) electrons. The Balaban J connectivity index is 1.70. The smallest absolute Gasteiger partial charge is 0.261 e. The molecule has 124 valence electrons. The van der Waals surface area contributed by atoms with E-state index >= 15 is 0 Å². The summed E-state index contributed by atoms with van der Waals surface area (Å²) in [7, 11) is 1.61. The third-order valence-electron chi connectivity index (χ3n) is 3.71. The summed E-state index contributed by atoms with van der Waals surface area (Å²) in [5, 5.41) is 4.86. The second-order valence-electron chi connectivity index (χ2n) is 5.29. The fraction of sp³-hybridized carbons (Fsp3) is 0.0526. The number of para-hydroxylation sites is 1. The predicted molar refractivity (Wildman–Crippen MR) is 90.3 cm³/mol. The number of hydrogen-bond acceptors (Lipinski definition) is 5. The molecule has 2 heterocycles. The van der Waals surface area contributed by atoms with E-state index in [-0.39, 0.29) is 5.82 Å². The summed E-state index contributed by atoms with van der Waals surface area (Å²) in [4.78, 5) is 4.31. The molecule has 2 aromatic heterocycles. The van der Waals surface area contributed by atoms with Crippen molar-refractivity contribution < 1.29 is 18.4 Å². The maximum atomic E-state index is 13.0. The summed E-state index contributed by atoms with van der Waals surface area (Å²) in [6.45, 7) is 0. The fourth-order valence-corrected chi connectivity index (χ4v) is 2.53. The standard InChI is InChI=1S/C19H13FN2O3/c1-23-16-5-3-2-4-14(16)18-15-10-11-17(21-19(15)25-22-18)24-13-8-6-12(20)7-9-13/h2-11H,1H3. The number of benzene rings is 2. The highest BCUT2D eigenvalue weighted by Gasteiger charge is 2.16. The fourth-order valence-electron chi connectivity index (χ4n) is 2.53. The van der Waals surface area contributed by atoms with Crippen LogP contribution in [0.15, 0.2) is 65.2 Å². The lowest BCUT2D eigenvalue weighted by molar-refractivity contribution is 0.414. The van der Waals surface area contributed by atoms with Gasteiger partial charge < -0.3 is 14.0 Å². The van der Waals surface area contributed by atoms with Gasteiger partial charge in [-0.2, -0.15) is 4.98 Å². The Morgan fingerprint density at radius 2 is 1.76 bits per heavy atom. The SMILES string of the molecule is COc1ccccc1-c1noc2nc(Oc3ccc(F)cc3)ccc12. The van der Waals surface area contributed by atoms with Crippen LogP contribution in [0.1, 0.15) is 0 Å². The number of nitrogens with zero attached hydrogens (tertiary/aromatic N) is 2. The maximum Gasteiger partial charge on any atom is 0.261 e. The first-order valence-corrected chi connectivity index (χ1v) is 7.58. The van der Waals surface area contributed by atoms with Crippen molar-refractivity contribution in [3.8, 4) is 28.6 Å². The third kappa shape index (κ3) is 2.89. The Morgan fingerprint density at radius 1 is 0.960 bits per heavy atom. The molecule has 0 spiro atoms. The number of pyridine rings is 1. The van der Waals surface area contributed by atoms with Crippen LogP contribution in [0.25, 0.3) is 22.4 Å². The number of rotatable bonds is 4. The van der Waals surface area contributed by atoms with Gasteiger partial charge in [-0.1, -0.05) is 17.3 Å². The summed E-state index contributed by atoms with van der Waals surface area (Å²) < 4.78 is 29.3. The van der Waals surface area contributed by atoms with Crippen molar-refractivity contribution in [2.75, 3.05) is 7.11 Å². The van der Waals surface area contributed by atoms with Gasteiger partial charge in [0.05, 0.1) is 12.5 Å². The van der Waals surface area contributed by atoms with E-state index in [0.717, 1.165) is 10.9 Å². The largest absolute Gasteiger partial charge is 0.496 e. The summed E-state index contributed by atoms with van der Waals surface area (Å²) in [5.74, 6) is 1.19. The number of fused-ring (bicyclic) bond motifs is 1. The van der Waals surface area contributed by atoms with Crippen molar-refractivity contribution in [3.05, 3.63) is 66.5 Å².